The van der Waals surface area contributed by atoms with Crippen LogP contribution in [0.4, 0.5) is 17.1 Å². The second kappa shape index (κ2) is 11.2. The van der Waals surface area contributed by atoms with Crippen LogP contribution in [0.25, 0.3) is 82.8 Å². The van der Waals surface area contributed by atoms with E-state index in [0.717, 1.165) is 72.1 Å². The van der Waals surface area contributed by atoms with Gasteiger partial charge in [0.2, 0.25) is 5.89 Å². The van der Waals surface area contributed by atoms with E-state index in [1.54, 1.807) is 0 Å². The summed E-state index contributed by atoms with van der Waals surface area (Å²) in [5.74, 6) is 0.603. The van der Waals surface area contributed by atoms with Crippen molar-refractivity contribution >= 4 is 82.7 Å². The second-order valence-electron chi connectivity index (χ2n) is 13.2. The van der Waals surface area contributed by atoms with E-state index in [-0.39, 0.29) is 0 Å². The van der Waals surface area contributed by atoms with Gasteiger partial charge >= 0.3 is 0 Å². The lowest BCUT2D eigenvalue weighted by Gasteiger charge is -2.27. The lowest BCUT2D eigenvalue weighted by atomic mass is 10.0. The van der Waals surface area contributed by atoms with E-state index >= 15 is 0 Å². The molecule has 0 aliphatic heterocycles. The van der Waals surface area contributed by atoms with Crippen LogP contribution in [0.3, 0.4) is 0 Å². The van der Waals surface area contributed by atoms with Gasteiger partial charge in [0.1, 0.15) is 16.7 Å². The molecule has 0 spiro atoms. The third kappa shape index (κ3) is 4.33. The maximum atomic E-state index is 6.49. The third-order valence-corrected chi connectivity index (χ3v) is 10.2. The lowest BCUT2D eigenvalue weighted by Crippen LogP contribution is -2.11. The molecule has 0 saturated heterocycles. The fourth-order valence-corrected chi connectivity index (χ4v) is 7.86. The molecule has 8 aromatic carbocycles. The number of anilines is 3. The van der Waals surface area contributed by atoms with Crippen LogP contribution in [0.5, 0.6) is 0 Å². The van der Waals surface area contributed by atoms with Gasteiger partial charge in [-0.2, -0.15) is 0 Å². The van der Waals surface area contributed by atoms with Crippen LogP contribution in [-0.4, -0.2) is 9.55 Å². The normalized spacial score (nSPS) is 11.8. The average molecular weight is 668 g/mol. The number of aromatic nitrogens is 2. The molecule has 3 heterocycles. The number of para-hydroxylation sites is 3. The number of oxazole rings is 1. The van der Waals surface area contributed by atoms with Crippen LogP contribution in [0.1, 0.15) is 0 Å². The zero-order chi connectivity index (χ0) is 34.2. The van der Waals surface area contributed by atoms with E-state index in [0.29, 0.717) is 5.89 Å². The van der Waals surface area contributed by atoms with Crippen molar-refractivity contribution in [3.05, 3.63) is 176 Å². The highest BCUT2D eigenvalue weighted by molar-refractivity contribution is 6.13. The zero-order valence-corrected chi connectivity index (χ0v) is 27.9. The summed E-state index contributed by atoms with van der Waals surface area (Å²) in [7, 11) is 0. The van der Waals surface area contributed by atoms with E-state index in [4.69, 9.17) is 13.8 Å². The Morgan fingerprint density at radius 1 is 0.442 bits per heavy atom. The molecule has 0 fully saturated rings. The molecule has 5 nitrogen and oxygen atoms in total. The van der Waals surface area contributed by atoms with Crippen LogP contribution in [0, 0.1) is 0 Å². The second-order valence-corrected chi connectivity index (χ2v) is 13.2. The molecular weight excluding hydrogens is 639 g/mol. The van der Waals surface area contributed by atoms with Gasteiger partial charge < -0.3 is 18.3 Å². The Bertz CT molecular complexity index is 3080. The molecule has 244 valence electrons. The summed E-state index contributed by atoms with van der Waals surface area (Å²) >= 11 is 0. The van der Waals surface area contributed by atoms with E-state index < -0.39 is 0 Å². The Balaban J connectivity index is 1.15. The molecule has 5 heteroatoms. The van der Waals surface area contributed by atoms with Crippen LogP contribution < -0.4 is 4.90 Å². The number of hydrogen-bond acceptors (Lipinski definition) is 4. The molecule has 11 aromatic rings. The van der Waals surface area contributed by atoms with Crippen molar-refractivity contribution in [2.75, 3.05) is 4.90 Å². The van der Waals surface area contributed by atoms with Crippen LogP contribution >= 0.6 is 0 Å². The molecule has 3 aromatic heterocycles. The van der Waals surface area contributed by atoms with Gasteiger partial charge in [0.25, 0.3) is 0 Å². The van der Waals surface area contributed by atoms with Crippen molar-refractivity contribution in [2.45, 2.75) is 0 Å². The van der Waals surface area contributed by atoms with E-state index in [2.05, 4.69) is 143 Å². The molecule has 0 amide bonds. The van der Waals surface area contributed by atoms with Crippen molar-refractivity contribution in [1.82, 2.24) is 9.55 Å². The van der Waals surface area contributed by atoms with Gasteiger partial charge in [0.15, 0.2) is 5.58 Å². The Labute approximate surface area is 298 Å². The summed E-state index contributed by atoms with van der Waals surface area (Å²) in [5.41, 5.74) is 10.8. The van der Waals surface area contributed by atoms with Crippen LogP contribution in [0.2, 0.25) is 0 Å². The van der Waals surface area contributed by atoms with Crippen molar-refractivity contribution in [3.63, 3.8) is 0 Å². The molecule has 0 radical (unpaired) electrons. The molecule has 11 rings (SSSR count). The highest BCUT2D eigenvalue weighted by atomic mass is 16.3. The Morgan fingerprint density at radius 2 is 1.04 bits per heavy atom. The summed E-state index contributed by atoms with van der Waals surface area (Å²) in [5, 5.41) is 6.71. The molecule has 0 atom stereocenters. The smallest absolute Gasteiger partial charge is 0.227 e. The van der Waals surface area contributed by atoms with Crippen molar-refractivity contribution in [2.24, 2.45) is 0 Å². The predicted molar refractivity (Wildman–Crippen MR) is 213 cm³/mol. The first-order valence-corrected chi connectivity index (χ1v) is 17.5. The Hall–Kier alpha value is -7.11. The molecule has 0 aliphatic carbocycles. The minimum absolute atomic E-state index is 0.603. The quantitative estimate of drug-likeness (QED) is 0.183. The fraction of sp³-hybridized carbons (Fsp3) is 0. The van der Waals surface area contributed by atoms with Gasteiger partial charge in [-0.3, -0.25) is 0 Å². The molecular formula is C47H29N3O2. The van der Waals surface area contributed by atoms with Crippen molar-refractivity contribution < 1.29 is 8.83 Å². The SMILES string of the molecule is c1ccc(-c2nc3cc(N(c4ccc(-n5c6ccccc6c6ccccc65)cc4)c4ccc5oc6ccccc6c5c4)c4ccccc4c3o2)cc1. The van der Waals surface area contributed by atoms with Gasteiger partial charge in [-0.25, -0.2) is 4.98 Å². The Morgan fingerprint density at radius 3 is 1.79 bits per heavy atom. The van der Waals surface area contributed by atoms with Crippen LogP contribution in [-0.2, 0) is 0 Å². The summed E-state index contributed by atoms with van der Waals surface area (Å²) in [6, 6.07) is 61.5. The number of nitrogens with zero attached hydrogens (tertiary/aromatic N) is 3. The van der Waals surface area contributed by atoms with E-state index in [1.807, 2.05) is 42.5 Å². The first-order chi connectivity index (χ1) is 25.8. The van der Waals surface area contributed by atoms with E-state index in [9.17, 15) is 0 Å². The Kier molecular flexibility index (Phi) is 6.18. The first kappa shape index (κ1) is 28.7. The lowest BCUT2D eigenvalue weighted by molar-refractivity contribution is 0.623. The number of benzene rings is 8. The van der Waals surface area contributed by atoms with Crippen molar-refractivity contribution in [1.29, 1.82) is 0 Å². The minimum Gasteiger partial charge on any atom is -0.456 e. The maximum Gasteiger partial charge on any atom is 0.227 e. The molecule has 0 unspecified atom stereocenters. The predicted octanol–water partition coefficient (Wildman–Crippen LogP) is 13.1. The number of rotatable bonds is 5. The monoisotopic (exact) mass is 667 g/mol. The third-order valence-electron chi connectivity index (χ3n) is 10.2. The molecule has 0 N–H and O–H groups in total. The summed E-state index contributed by atoms with van der Waals surface area (Å²) < 4.78 is 15.1. The summed E-state index contributed by atoms with van der Waals surface area (Å²) in [6.45, 7) is 0. The number of hydrogen-bond donors (Lipinski definition) is 0. The highest BCUT2D eigenvalue weighted by Gasteiger charge is 2.22. The van der Waals surface area contributed by atoms with E-state index in [1.165, 1.54) is 21.8 Å². The summed E-state index contributed by atoms with van der Waals surface area (Å²) in [4.78, 5) is 7.37. The largest absolute Gasteiger partial charge is 0.456 e. The van der Waals surface area contributed by atoms with Gasteiger partial charge in [-0.05, 0) is 78.9 Å². The maximum absolute atomic E-state index is 6.49. The van der Waals surface area contributed by atoms with Gasteiger partial charge in [0.05, 0.1) is 16.7 Å². The highest BCUT2D eigenvalue weighted by Crippen LogP contribution is 2.44. The topological polar surface area (TPSA) is 47.3 Å². The fourth-order valence-electron chi connectivity index (χ4n) is 7.86. The molecule has 0 saturated carbocycles. The minimum atomic E-state index is 0.603. The van der Waals surface area contributed by atoms with Crippen LogP contribution in [0.15, 0.2) is 185 Å². The first-order valence-electron chi connectivity index (χ1n) is 17.5. The number of fused-ring (bicyclic) bond motifs is 9. The number of furan rings is 1. The van der Waals surface area contributed by atoms with Gasteiger partial charge in [-0.1, -0.05) is 97.1 Å². The van der Waals surface area contributed by atoms with Gasteiger partial charge in [-0.15, -0.1) is 0 Å². The zero-order valence-electron chi connectivity index (χ0n) is 27.9. The summed E-state index contributed by atoms with van der Waals surface area (Å²) in [6.07, 6.45) is 0. The standard InChI is InChI=1S/C47H29N3O2/c1-2-12-30(13-3-1)47-48-40-29-43(36-16-4-5-18-38(36)46(40)52-47)49(33-26-27-45-39(28-33)37-17-8-11-21-44(37)51-45)31-22-24-32(25-23-31)50-41-19-9-6-14-34(41)35-15-7-10-20-42(35)50/h1-29H. The molecule has 52 heavy (non-hydrogen) atoms. The van der Waals surface area contributed by atoms with Crippen molar-refractivity contribution in [3.8, 4) is 17.1 Å². The average Bonchev–Trinajstić information content (AvgIpc) is 3.91. The molecule has 0 aliphatic rings. The molecule has 0 bridgehead atoms. The van der Waals surface area contributed by atoms with Gasteiger partial charge in [0, 0.05) is 54.9 Å².